The van der Waals surface area contributed by atoms with Crippen LogP contribution in [0.15, 0.2) is 80.6 Å². The minimum Gasteiger partial charge on any atom is -0.337 e. The summed E-state index contributed by atoms with van der Waals surface area (Å²) in [5, 5.41) is 2.28. The molecule has 0 saturated heterocycles. The molecule has 0 bridgehead atoms. The highest BCUT2D eigenvalue weighted by atomic mass is 79.9. The molecule has 1 aromatic heterocycles. The van der Waals surface area contributed by atoms with Gasteiger partial charge in [0.15, 0.2) is 0 Å². The zero-order valence-corrected chi connectivity index (χ0v) is 17.8. The van der Waals surface area contributed by atoms with E-state index in [4.69, 9.17) is 0 Å². The molecule has 26 heavy (non-hydrogen) atoms. The molecule has 0 spiro atoms. The number of aromatic nitrogens is 1. The van der Waals surface area contributed by atoms with Crippen molar-refractivity contribution >= 4 is 65.4 Å². The molecule has 0 radical (unpaired) electrons. The summed E-state index contributed by atoms with van der Waals surface area (Å²) in [5.41, 5.74) is 2.13. The fourth-order valence-corrected chi connectivity index (χ4v) is 4.75. The van der Waals surface area contributed by atoms with Crippen molar-refractivity contribution in [1.29, 1.82) is 0 Å². The molecule has 0 fully saturated rings. The molecule has 0 aliphatic rings. The first-order valence-corrected chi connectivity index (χ1v) is 10.9. The van der Waals surface area contributed by atoms with E-state index in [1.165, 1.54) is 0 Å². The van der Waals surface area contributed by atoms with Crippen LogP contribution in [0.4, 0.5) is 4.39 Å². The van der Waals surface area contributed by atoms with E-state index < -0.39 is 6.17 Å². The molecule has 1 atom stereocenters. The van der Waals surface area contributed by atoms with Crippen LogP contribution in [0.1, 0.15) is 0 Å². The van der Waals surface area contributed by atoms with E-state index in [0.717, 1.165) is 35.6 Å². The lowest BCUT2D eigenvalue weighted by atomic mass is 10.2. The largest absolute Gasteiger partial charge is 0.337 e. The lowest BCUT2D eigenvalue weighted by Crippen LogP contribution is -2.13. The van der Waals surface area contributed by atoms with E-state index in [1.54, 1.807) is 11.8 Å². The van der Waals surface area contributed by atoms with Crippen molar-refractivity contribution in [2.75, 3.05) is 5.75 Å². The Labute approximate surface area is 172 Å². The third-order valence-corrected chi connectivity index (χ3v) is 6.46. The highest BCUT2D eigenvalue weighted by molar-refractivity contribution is 9.10. The normalized spacial score (nSPS) is 12.7. The van der Waals surface area contributed by atoms with Gasteiger partial charge in [-0.15, -0.1) is 11.8 Å². The fourth-order valence-electron chi connectivity index (χ4n) is 3.20. The summed E-state index contributed by atoms with van der Waals surface area (Å²) in [4.78, 5) is 1.10. The average Bonchev–Trinajstić information content (AvgIpc) is 2.93. The van der Waals surface area contributed by atoms with E-state index in [0.29, 0.717) is 12.3 Å². The Bertz CT molecular complexity index is 1000. The van der Waals surface area contributed by atoms with E-state index in [1.807, 2.05) is 42.5 Å². The van der Waals surface area contributed by atoms with Crippen molar-refractivity contribution in [2.24, 2.45) is 0 Å². The smallest absolute Gasteiger partial charge is 0.127 e. The quantitative estimate of drug-likeness (QED) is 0.262. The van der Waals surface area contributed by atoms with Gasteiger partial charge >= 0.3 is 0 Å². The van der Waals surface area contributed by atoms with Gasteiger partial charge in [0.25, 0.3) is 0 Å². The van der Waals surface area contributed by atoms with Crippen LogP contribution in [0.2, 0.25) is 0 Å². The summed E-state index contributed by atoms with van der Waals surface area (Å²) >= 11 is 8.66. The highest BCUT2D eigenvalue weighted by Crippen LogP contribution is 2.33. The minimum atomic E-state index is -0.925. The van der Waals surface area contributed by atoms with Crippen LogP contribution in [-0.4, -0.2) is 16.5 Å². The third-order valence-electron chi connectivity index (χ3n) is 4.34. The number of alkyl halides is 1. The number of hydrogen-bond donors (Lipinski definition) is 0. The number of benzene rings is 3. The van der Waals surface area contributed by atoms with Gasteiger partial charge in [0.2, 0.25) is 0 Å². The van der Waals surface area contributed by atoms with Gasteiger partial charge in [-0.05, 0) is 48.5 Å². The fraction of sp³-hybridized carbons (Fsp3) is 0.143. The maximum Gasteiger partial charge on any atom is 0.127 e. The molecule has 4 aromatic rings. The molecule has 1 nitrogen and oxygen atoms in total. The van der Waals surface area contributed by atoms with Crippen LogP contribution in [0.25, 0.3) is 21.8 Å². The van der Waals surface area contributed by atoms with E-state index in [-0.39, 0.29) is 0 Å². The van der Waals surface area contributed by atoms with Gasteiger partial charge in [-0.3, -0.25) is 0 Å². The molecule has 0 aliphatic carbocycles. The Morgan fingerprint density at radius 3 is 2.00 bits per heavy atom. The Morgan fingerprint density at radius 1 is 0.846 bits per heavy atom. The first-order valence-electron chi connectivity index (χ1n) is 8.31. The van der Waals surface area contributed by atoms with Gasteiger partial charge in [0, 0.05) is 41.4 Å². The van der Waals surface area contributed by atoms with Crippen LogP contribution in [-0.2, 0) is 6.54 Å². The average molecular weight is 493 g/mol. The summed E-state index contributed by atoms with van der Waals surface area (Å²) in [6, 6.07) is 22.3. The topological polar surface area (TPSA) is 4.93 Å². The monoisotopic (exact) mass is 491 g/mol. The maximum absolute atomic E-state index is 14.8. The number of rotatable bonds is 5. The van der Waals surface area contributed by atoms with Gasteiger partial charge in [0.1, 0.15) is 6.17 Å². The first kappa shape index (κ1) is 18.1. The van der Waals surface area contributed by atoms with Gasteiger partial charge in [-0.1, -0.05) is 50.1 Å². The van der Waals surface area contributed by atoms with Crippen molar-refractivity contribution < 1.29 is 4.39 Å². The van der Waals surface area contributed by atoms with E-state index >= 15 is 0 Å². The summed E-state index contributed by atoms with van der Waals surface area (Å²) in [7, 11) is 0. The van der Waals surface area contributed by atoms with Crippen molar-refractivity contribution in [3.8, 4) is 0 Å². The Morgan fingerprint density at radius 2 is 1.42 bits per heavy atom. The van der Waals surface area contributed by atoms with Crippen LogP contribution in [0.3, 0.4) is 0 Å². The molecule has 0 N–H and O–H groups in total. The number of fused-ring (bicyclic) bond motifs is 3. The number of hydrogen-bond acceptors (Lipinski definition) is 1. The zero-order valence-electron chi connectivity index (χ0n) is 13.8. The van der Waals surface area contributed by atoms with Gasteiger partial charge < -0.3 is 4.57 Å². The predicted octanol–water partition coefficient (Wildman–Crippen LogP) is 7.45. The lowest BCUT2D eigenvalue weighted by molar-refractivity contribution is 0.333. The molecule has 132 valence electrons. The summed E-state index contributed by atoms with van der Waals surface area (Å²) in [5.74, 6) is 0.443. The van der Waals surface area contributed by atoms with Crippen molar-refractivity contribution in [3.05, 3.63) is 75.7 Å². The molecule has 1 heterocycles. The van der Waals surface area contributed by atoms with Crippen LogP contribution in [0.5, 0.6) is 0 Å². The molecule has 0 saturated carbocycles. The minimum absolute atomic E-state index is 0.350. The second kappa shape index (κ2) is 7.75. The molecular weight excluding hydrogens is 477 g/mol. The Kier molecular flexibility index (Phi) is 5.39. The Balaban J connectivity index is 1.66. The van der Waals surface area contributed by atoms with E-state index in [9.17, 15) is 4.39 Å². The molecular formula is C21H16Br2FNS. The van der Waals surface area contributed by atoms with Crippen molar-refractivity contribution in [1.82, 2.24) is 4.57 Å². The van der Waals surface area contributed by atoms with Crippen LogP contribution < -0.4 is 0 Å². The molecule has 3 aromatic carbocycles. The predicted molar refractivity (Wildman–Crippen MR) is 117 cm³/mol. The summed E-state index contributed by atoms with van der Waals surface area (Å²) < 4.78 is 19.0. The van der Waals surface area contributed by atoms with Gasteiger partial charge in [0.05, 0.1) is 6.54 Å². The van der Waals surface area contributed by atoms with E-state index in [2.05, 4.69) is 60.7 Å². The van der Waals surface area contributed by atoms with Gasteiger partial charge in [-0.2, -0.15) is 0 Å². The van der Waals surface area contributed by atoms with Crippen LogP contribution in [0, 0.1) is 0 Å². The zero-order chi connectivity index (χ0) is 18.1. The SMILES string of the molecule is FC(CSc1ccccc1)Cn1c2ccc(Br)cc2c2cc(Br)ccc21. The number of thioether (sulfide) groups is 1. The van der Waals surface area contributed by atoms with Crippen molar-refractivity contribution in [3.63, 3.8) is 0 Å². The number of halogens is 3. The van der Waals surface area contributed by atoms with Crippen molar-refractivity contribution in [2.45, 2.75) is 17.6 Å². The maximum atomic E-state index is 14.8. The second-order valence-corrected chi connectivity index (χ2v) is 9.08. The highest BCUT2D eigenvalue weighted by Gasteiger charge is 2.15. The molecule has 4 rings (SSSR count). The first-order chi connectivity index (χ1) is 12.6. The summed E-state index contributed by atoms with van der Waals surface area (Å²) in [6.45, 7) is 0.350. The standard InChI is InChI=1S/C21H16Br2FNS/c22-14-6-8-20-18(10-14)19-11-15(23)7-9-21(19)25(20)12-16(24)13-26-17-4-2-1-3-5-17/h1-11,16H,12-13H2. The van der Waals surface area contributed by atoms with Gasteiger partial charge in [-0.25, -0.2) is 4.39 Å². The Hall–Kier alpha value is -1.30. The van der Waals surface area contributed by atoms with Crippen LogP contribution >= 0.6 is 43.6 Å². The second-order valence-electron chi connectivity index (χ2n) is 6.15. The molecule has 0 aliphatic heterocycles. The summed E-state index contributed by atoms with van der Waals surface area (Å²) in [6.07, 6.45) is -0.925. The third kappa shape index (κ3) is 3.71. The lowest BCUT2D eigenvalue weighted by Gasteiger charge is -2.12. The number of nitrogens with zero attached hydrogens (tertiary/aromatic N) is 1. The molecule has 1 unspecified atom stereocenters. The molecule has 0 amide bonds. The molecule has 5 heteroatoms.